The number of esters is 3. The quantitative estimate of drug-likeness (QED) is 0.162. The number of aryl methyl sites for hydroxylation is 1. The highest BCUT2D eigenvalue weighted by molar-refractivity contribution is 5.91. The molecule has 4 atom stereocenters. The summed E-state index contributed by atoms with van der Waals surface area (Å²) in [5.74, 6) is -2.82. The lowest BCUT2D eigenvalue weighted by molar-refractivity contribution is -0.0641. The molecule has 0 unspecified atom stereocenters. The Morgan fingerprint density at radius 1 is 0.814 bits per heavy atom. The third-order valence-corrected chi connectivity index (χ3v) is 6.56. The molecule has 2 heterocycles. The lowest BCUT2D eigenvalue weighted by Gasteiger charge is -2.25. The topological polar surface area (TPSA) is 132 Å². The molecule has 43 heavy (non-hydrogen) atoms. The summed E-state index contributed by atoms with van der Waals surface area (Å²) in [4.78, 5) is 56.4. The van der Waals surface area contributed by atoms with E-state index in [1.165, 1.54) is 36.4 Å². The lowest BCUT2D eigenvalue weighted by atomic mass is 10.1. The normalized spacial score (nSPS) is 20.6. The van der Waals surface area contributed by atoms with Gasteiger partial charge in [0.05, 0.1) is 23.8 Å². The molecule has 1 saturated heterocycles. The molecule has 0 spiro atoms. The molecule has 1 aliphatic heterocycles. The third-order valence-electron chi connectivity index (χ3n) is 6.56. The van der Waals surface area contributed by atoms with Crippen LogP contribution < -0.4 is 10.4 Å². The molecule has 0 radical (unpaired) electrons. The number of benzene rings is 3. The molecule has 1 aliphatic rings. The molecule has 4 aromatic rings. The van der Waals surface area contributed by atoms with Crippen LogP contribution in [0.2, 0.25) is 0 Å². The predicted molar refractivity (Wildman–Crippen MR) is 152 cm³/mol. The minimum Gasteiger partial charge on any atom is -0.481 e. The average Bonchev–Trinajstić information content (AvgIpc) is 3.39. The number of ether oxygens (including phenoxy) is 5. The molecule has 1 fully saturated rings. The van der Waals surface area contributed by atoms with Crippen LogP contribution in [-0.2, 0) is 18.9 Å². The molecule has 0 aliphatic carbocycles. The van der Waals surface area contributed by atoms with Crippen LogP contribution in [0.4, 0.5) is 0 Å². The van der Waals surface area contributed by atoms with Gasteiger partial charge in [-0.1, -0.05) is 54.6 Å². The molecule has 0 N–H and O–H groups in total. The van der Waals surface area contributed by atoms with Crippen molar-refractivity contribution in [2.75, 3.05) is 13.7 Å². The van der Waals surface area contributed by atoms with Crippen molar-refractivity contribution in [3.63, 3.8) is 0 Å². The van der Waals surface area contributed by atoms with Crippen molar-refractivity contribution in [1.82, 2.24) is 9.55 Å². The Bertz CT molecular complexity index is 1750. The molecule has 220 valence electrons. The molecule has 0 amide bonds. The fraction of sp³-hybridized carbons (Fsp3) is 0.219. The molecule has 5 rings (SSSR count). The number of carbonyl (C=O) groups excluding carboxylic acids is 3. The Morgan fingerprint density at radius 3 is 1.84 bits per heavy atom. The van der Waals surface area contributed by atoms with Gasteiger partial charge in [-0.25, -0.2) is 19.2 Å². The van der Waals surface area contributed by atoms with Crippen molar-refractivity contribution in [2.24, 2.45) is 0 Å². The number of hydrogen-bond acceptors (Lipinski definition) is 10. The van der Waals surface area contributed by atoms with E-state index in [1.54, 1.807) is 54.6 Å². The van der Waals surface area contributed by atoms with Crippen LogP contribution in [0.3, 0.4) is 0 Å². The first-order valence-corrected chi connectivity index (χ1v) is 13.1. The molecule has 0 saturated carbocycles. The maximum atomic E-state index is 13.3. The average molecular weight is 589 g/mol. The summed E-state index contributed by atoms with van der Waals surface area (Å²) < 4.78 is 52.9. The van der Waals surface area contributed by atoms with E-state index in [0.717, 1.165) is 17.9 Å². The lowest BCUT2D eigenvalue weighted by Crippen LogP contribution is -2.42. The summed E-state index contributed by atoms with van der Waals surface area (Å²) in [5.41, 5.74) is -0.905. The summed E-state index contributed by atoms with van der Waals surface area (Å²) in [5, 5.41) is 0. The van der Waals surface area contributed by atoms with E-state index in [4.69, 9.17) is 27.8 Å². The van der Waals surface area contributed by atoms with Crippen molar-refractivity contribution in [3.8, 4) is 5.88 Å². The van der Waals surface area contributed by atoms with Gasteiger partial charge in [0.1, 0.15) is 12.7 Å². The van der Waals surface area contributed by atoms with Crippen LogP contribution >= 0.6 is 0 Å². The summed E-state index contributed by atoms with van der Waals surface area (Å²) in [6.45, 7) is -3.27. The third kappa shape index (κ3) is 6.62. The highest BCUT2D eigenvalue weighted by Gasteiger charge is 2.51. The molecule has 0 bridgehead atoms. The van der Waals surface area contributed by atoms with Gasteiger partial charge in [0.15, 0.2) is 18.4 Å². The van der Waals surface area contributed by atoms with Crippen molar-refractivity contribution in [3.05, 3.63) is 130 Å². The number of nitrogens with zero attached hydrogens (tertiary/aromatic N) is 2. The maximum Gasteiger partial charge on any atom is 0.353 e. The second-order valence-corrected chi connectivity index (χ2v) is 9.36. The van der Waals surface area contributed by atoms with Crippen LogP contribution in [0.1, 0.15) is 47.0 Å². The van der Waals surface area contributed by atoms with Crippen LogP contribution in [-0.4, -0.2) is 59.5 Å². The first-order chi connectivity index (χ1) is 22.1. The SMILES string of the molecule is [2H][13C]([2H])([2H])c1cn([C@@H]2O[C@H](COC(=O)c3ccccc3)[C@@H](OC(=O)c3ccccc3)[C@H]2OC(=O)c2ccccc2)c(=O)nc1OC. The Balaban J connectivity index is 1.57. The van der Waals surface area contributed by atoms with Crippen molar-refractivity contribution < 1.29 is 42.2 Å². The predicted octanol–water partition coefficient (Wildman–Crippen LogP) is 3.77. The van der Waals surface area contributed by atoms with E-state index in [2.05, 4.69) is 4.98 Å². The maximum absolute atomic E-state index is 13.3. The first kappa shape index (κ1) is 25.4. The molecule has 3 aromatic carbocycles. The zero-order valence-electron chi connectivity index (χ0n) is 25.8. The van der Waals surface area contributed by atoms with E-state index in [1.807, 2.05) is 0 Å². The molecular formula is C32H28N2O9. The van der Waals surface area contributed by atoms with Gasteiger partial charge in [-0.3, -0.25) is 4.57 Å². The number of carbonyl (C=O) groups is 3. The van der Waals surface area contributed by atoms with Gasteiger partial charge in [0, 0.05) is 15.9 Å². The minimum atomic E-state index is -2.77. The van der Waals surface area contributed by atoms with Gasteiger partial charge < -0.3 is 23.7 Å². The zero-order chi connectivity index (χ0) is 32.8. The van der Waals surface area contributed by atoms with Crippen LogP contribution in [0.15, 0.2) is 102 Å². The Morgan fingerprint density at radius 2 is 1.33 bits per heavy atom. The highest BCUT2D eigenvalue weighted by Crippen LogP contribution is 2.35. The number of hydrogen-bond donors (Lipinski definition) is 0. The summed E-state index contributed by atoms with van der Waals surface area (Å²) in [6.07, 6.45) is -4.89. The van der Waals surface area contributed by atoms with Gasteiger partial charge >= 0.3 is 23.6 Å². The number of rotatable bonds is 9. The van der Waals surface area contributed by atoms with Crippen LogP contribution in [0, 0.1) is 6.85 Å². The Labute approximate surface area is 250 Å². The highest BCUT2D eigenvalue weighted by atomic mass is 16.7. The second-order valence-electron chi connectivity index (χ2n) is 9.36. The van der Waals surface area contributed by atoms with E-state index in [0.29, 0.717) is 0 Å². The minimum absolute atomic E-state index is 0.136. The summed E-state index contributed by atoms with van der Waals surface area (Å²) in [6, 6.07) is 23.9. The molecular weight excluding hydrogens is 557 g/mol. The Hall–Kier alpha value is -5.29. The summed E-state index contributed by atoms with van der Waals surface area (Å²) >= 11 is 0. The van der Waals surface area contributed by atoms with Gasteiger partial charge in [0.25, 0.3) is 0 Å². The van der Waals surface area contributed by atoms with E-state index >= 15 is 0 Å². The zero-order valence-corrected chi connectivity index (χ0v) is 22.8. The fourth-order valence-electron chi connectivity index (χ4n) is 4.47. The monoisotopic (exact) mass is 588 g/mol. The standard InChI is InChI=1S/C32H28N2O9/c1-20-18-34(32(38)33-27(20)39-2)28-26(43-31(37)23-16-10-5-11-17-23)25(42-30(36)22-14-8-4-9-15-22)24(41-28)19-40-29(35)21-12-6-3-7-13-21/h3-18,24-26,28H,19H2,1-2H3/t24-,25-,26-,28-/m1/s1/i1+1D3. The molecule has 11 heteroatoms. The van der Waals surface area contributed by atoms with E-state index < -0.39 is 73.0 Å². The van der Waals surface area contributed by atoms with Crippen molar-refractivity contribution in [2.45, 2.75) is 31.4 Å². The van der Waals surface area contributed by atoms with E-state index in [-0.39, 0.29) is 16.7 Å². The first-order valence-electron chi connectivity index (χ1n) is 14.6. The van der Waals surface area contributed by atoms with Gasteiger partial charge in [-0.05, 0) is 43.3 Å². The van der Waals surface area contributed by atoms with Gasteiger partial charge in [-0.15, -0.1) is 0 Å². The van der Waals surface area contributed by atoms with Crippen LogP contribution in [0.25, 0.3) is 0 Å². The number of methoxy groups -OCH3 is 1. The summed E-state index contributed by atoms with van der Waals surface area (Å²) in [7, 11) is 1.16. The Kier molecular flexibility index (Phi) is 7.76. The van der Waals surface area contributed by atoms with Crippen LogP contribution in [0.5, 0.6) is 5.88 Å². The smallest absolute Gasteiger partial charge is 0.353 e. The van der Waals surface area contributed by atoms with Gasteiger partial charge in [-0.2, -0.15) is 4.98 Å². The van der Waals surface area contributed by atoms with Crippen molar-refractivity contribution >= 4 is 17.9 Å². The molecule has 1 aromatic heterocycles. The van der Waals surface area contributed by atoms with E-state index in [9.17, 15) is 19.2 Å². The second kappa shape index (κ2) is 13.1. The molecule has 11 nitrogen and oxygen atoms in total. The fourth-order valence-corrected chi connectivity index (χ4v) is 4.47. The van der Waals surface area contributed by atoms with Gasteiger partial charge in [0.2, 0.25) is 5.88 Å². The largest absolute Gasteiger partial charge is 0.481 e. The number of aromatic nitrogens is 2. The van der Waals surface area contributed by atoms with Crippen molar-refractivity contribution in [1.29, 1.82) is 0 Å².